The first-order valence-electron chi connectivity index (χ1n) is 4.34. The van der Waals surface area contributed by atoms with Gasteiger partial charge in [-0.25, -0.2) is 8.78 Å². The molecule has 7 heteroatoms. The molecule has 1 aromatic carbocycles. The number of halogens is 6. The normalized spacial score (nSPS) is 12.0. The highest BCUT2D eigenvalue weighted by molar-refractivity contribution is 14.1. The van der Waals surface area contributed by atoms with Crippen molar-refractivity contribution in [1.82, 2.24) is 0 Å². The average Bonchev–Trinajstić information content (AvgIpc) is 2.13. The van der Waals surface area contributed by atoms with Crippen molar-refractivity contribution in [2.45, 2.75) is 19.5 Å². The number of alkyl halides is 5. The Bertz CT molecular complexity index is 453. The van der Waals surface area contributed by atoms with Crippen LogP contribution < -0.4 is 0 Å². The molecular weight excluding hydrogens is 358 g/mol. The van der Waals surface area contributed by atoms with E-state index < -0.39 is 33.1 Å². The molecule has 17 heavy (non-hydrogen) atoms. The SMILES string of the molecule is CC(=O)c1cc(I)c(C(F)(F)F)c(C(F)F)c1. The van der Waals surface area contributed by atoms with E-state index in [0.717, 1.165) is 13.0 Å². The second kappa shape index (κ2) is 4.87. The molecule has 0 unspecified atom stereocenters. The zero-order valence-corrected chi connectivity index (χ0v) is 10.6. The lowest BCUT2D eigenvalue weighted by molar-refractivity contribution is -0.140. The van der Waals surface area contributed by atoms with Crippen molar-refractivity contribution in [2.75, 3.05) is 0 Å². The highest BCUT2D eigenvalue weighted by Gasteiger charge is 2.38. The number of hydrogen-bond donors (Lipinski definition) is 0. The Labute approximate surface area is 107 Å². The van der Waals surface area contributed by atoms with Gasteiger partial charge in [0.05, 0.1) is 5.56 Å². The summed E-state index contributed by atoms with van der Waals surface area (Å²) in [6, 6.07) is 1.55. The first kappa shape index (κ1) is 14.3. The van der Waals surface area contributed by atoms with E-state index in [1.807, 2.05) is 0 Å². The number of benzene rings is 1. The van der Waals surface area contributed by atoms with Crippen LogP contribution in [0.4, 0.5) is 22.0 Å². The molecule has 1 rings (SSSR count). The van der Waals surface area contributed by atoms with Gasteiger partial charge in [-0.2, -0.15) is 13.2 Å². The number of rotatable bonds is 2. The maximum atomic E-state index is 12.6. The van der Waals surface area contributed by atoms with Crippen LogP contribution in [0.15, 0.2) is 12.1 Å². The van der Waals surface area contributed by atoms with E-state index in [1.54, 1.807) is 0 Å². The third-order valence-electron chi connectivity index (χ3n) is 2.05. The van der Waals surface area contributed by atoms with E-state index in [2.05, 4.69) is 0 Å². The predicted molar refractivity (Wildman–Crippen MR) is 59.1 cm³/mol. The van der Waals surface area contributed by atoms with Gasteiger partial charge >= 0.3 is 6.18 Å². The number of ketones is 1. The standard InChI is InChI=1S/C10H6F5IO/c1-4(17)5-2-6(9(11)12)8(7(16)3-5)10(13,14)15/h2-3,9H,1H3. The van der Waals surface area contributed by atoms with Crippen LogP contribution in [0, 0.1) is 3.57 Å². The van der Waals surface area contributed by atoms with Crippen LogP contribution in [0.3, 0.4) is 0 Å². The summed E-state index contributed by atoms with van der Waals surface area (Å²) in [5, 5.41) is 0. The third-order valence-corrected chi connectivity index (χ3v) is 2.90. The van der Waals surface area contributed by atoms with E-state index in [9.17, 15) is 26.7 Å². The van der Waals surface area contributed by atoms with Gasteiger partial charge in [-0.15, -0.1) is 0 Å². The van der Waals surface area contributed by atoms with Gasteiger partial charge in [0, 0.05) is 14.7 Å². The summed E-state index contributed by atoms with van der Waals surface area (Å²) in [4.78, 5) is 11.0. The summed E-state index contributed by atoms with van der Waals surface area (Å²) < 4.78 is 62.5. The van der Waals surface area contributed by atoms with Gasteiger partial charge in [0.1, 0.15) is 0 Å². The first-order chi connectivity index (χ1) is 7.64. The molecule has 0 fully saturated rings. The van der Waals surface area contributed by atoms with E-state index in [-0.39, 0.29) is 5.56 Å². The Morgan fingerprint density at radius 1 is 1.29 bits per heavy atom. The minimum absolute atomic E-state index is 0.155. The summed E-state index contributed by atoms with van der Waals surface area (Å²) in [7, 11) is 0. The van der Waals surface area contributed by atoms with E-state index in [1.165, 1.54) is 22.6 Å². The summed E-state index contributed by atoms with van der Waals surface area (Å²) in [5.41, 5.74) is -2.69. The molecule has 0 aliphatic heterocycles. The minimum Gasteiger partial charge on any atom is -0.295 e. The molecule has 0 bridgehead atoms. The number of Topliss-reactive ketones (excluding diaryl/α,β-unsaturated/α-hetero) is 1. The Kier molecular flexibility index (Phi) is 4.11. The molecule has 0 atom stereocenters. The van der Waals surface area contributed by atoms with Crippen LogP contribution in [-0.2, 0) is 6.18 Å². The molecule has 0 amide bonds. The largest absolute Gasteiger partial charge is 0.417 e. The van der Waals surface area contributed by atoms with Crippen molar-refractivity contribution < 1.29 is 26.7 Å². The second-order valence-electron chi connectivity index (χ2n) is 3.28. The van der Waals surface area contributed by atoms with Crippen molar-refractivity contribution in [3.63, 3.8) is 0 Å². The highest BCUT2D eigenvalue weighted by atomic mass is 127. The molecule has 1 nitrogen and oxygen atoms in total. The number of carbonyl (C=O) groups excluding carboxylic acids is 1. The molecule has 0 heterocycles. The van der Waals surface area contributed by atoms with Gasteiger partial charge in [0.15, 0.2) is 5.78 Å². The fourth-order valence-corrected chi connectivity index (χ4v) is 2.26. The van der Waals surface area contributed by atoms with Crippen molar-refractivity contribution in [2.24, 2.45) is 0 Å². The maximum Gasteiger partial charge on any atom is 0.417 e. The molecule has 0 aromatic heterocycles. The summed E-state index contributed by atoms with van der Waals surface area (Å²) in [6.45, 7) is 1.11. The lowest BCUT2D eigenvalue weighted by atomic mass is 10.0. The fraction of sp³-hybridized carbons (Fsp3) is 0.300. The first-order valence-corrected chi connectivity index (χ1v) is 5.42. The fourth-order valence-electron chi connectivity index (χ4n) is 1.30. The van der Waals surface area contributed by atoms with Gasteiger partial charge in [0.25, 0.3) is 6.43 Å². The summed E-state index contributed by atoms with van der Waals surface area (Å²) in [5.74, 6) is -0.557. The quantitative estimate of drug-likeness (QED) is 0.431. The Morgan fingerprint density at radius 2 is 1.82 bits per heavy atom. The Morgan fingerprint density at radius 3 is 2.18 bits per heavy atom. The van der Waals surface area contributed by atoms with Crippen LogP contribution in [-0.4, -0.2) is 5.78 Å². The molecule has 0 N–H and O–H groups in total. The highest BCUT2D eigenvalue weighted by Crippen LogP contribution is 2.39. The number of hydrogen-bond acceptors (Lipinski definition) is 1. The van der Waals surface area contributed by atoms with Crippen LogP contribution in [0.5, 0.6) is 0 Å². The number of carbonyl (C=O) groups is 1. The van der Waals surface area contributed by atoms with Crippen LogP contribution in [0.2, 0.25) is 0 Å². The molecule has 0 spiro atoms. The smallest absolute Gasteiger partial charge is 0.295 e. The van der Waals surface area contributed by atoms with Crippen LogP contribution >= 0.6 is 22.6 Å². The monoisotopic (exact) mass is 364 g/mol. The predicted octanol–water partition coefficient (Wildman–Crippen LogP) is 4.45. The Hall–Kier alpha value is -0.730. The lowest BCUT2D eigenvalue weighted by Gasteiger charge is -2.15. The summed E-state index contributed by atoms with van der Waals surface area (Å²) in [6.07, 6.45) is -8.14. The average molecular weight is 364 g/mol. The second-order valence-corrected chi connectivity index (χ2v) is 4.44. The van der Waals surface area contributed by atoms with Gasteiger partial charge in [-0.05, 0) is 41.6 Å². The Balaban J connectivity index is 3.55. The van der Waals surface area contributed by atoms with Gasteiger partial charge in [-0.3, -0.25) is 4.79 Å². The van der Waals surface area contributed by atoms with Crippen molar-refractivity contribution in [3.8, 4) is 0 Å². The minimum atomic E-state index is -4.86. The van der Waals surface area contributed by atoms with Crippen molar-refractivity contribution in [3.05, 3.63) is 32.4 Å². The van der Waals surface area contributed by atoms with Crippen molar-refractivity contribution >= 4 is 28.4 Å². The summed E-state index contributed by atoms with van der Waals surface area (Å²) >= 11 is 1.30. The third kappa shape index (κ3) is 3.14. The lowest BCUT2D eigenvalue weighted by Crippen LogP contribution is -2.13. The van der Waals surface area contributed by atoms with Crippen molar-refractivity contribution in [1.29, 1.82) is 0 Å². The van der Waals surface area contributed by atoms with E-state index in [4.69, 9.17) is 0 Å². The van der Waals surface area contributed by atoms with Crippen LogP contribution in [0.1, 0.15) is 34.8 Å². The molecule has 0 saturated carbocycles. The molecular formula is C10H6F5IO. The molecule has 0 saturated heterocycles. The zero-order valence-electron chi connectivity index (χ0n) is 8.41. The van der Waals surface area contributed by atoms with Crippen LogP contribution in [0.25, 0.3) is 0 Å². The molecule has 0 aliphatic rings. The van der Waals surface area contributed by atoms with E-state index >= 15 is 0 Å². The molecule has 1 aromatic rings. The van der Waals surface area contributed by atoms with Gasteiger partial charge < -0.3 is 0 Å². The maximum absolute atomic E-state index is 12.6. The zero-order chi connectivity index (χ0) is 13.4. The van der Waals surface area contributed by atoms with Gasteiger partial charge in [-0.1, -0.05) is 0 Å². The molecule has 0 aliphatic carbocycles. The topological polar surface area (TPSA) is 17.1 Å². The molecule has 94 valence electrons. The molecule has 0 radical (unpaired) electrons. The van der Waals surface area contributed by atoms with Gasteiger partial charge in [0.2, 0.25) is 0 Å². The van der Waals surface area contributed by atoms with E-state index in [0.29, 0.717) is 6.07 Å².